The molecule has 0 unspecified atom stereocenters. The molecule has 0 radical (unpaired) electrons. The van der Waals surface area contributed by atoms with Crippen molar-refractivity contribution in [3.63, 3.8) is 0 Å². The molecule has 3 N–H and O–H groups in total. The minimum atomic E-state index is 0.170. The number of rotatable bonds is 10. The molecule has 1 aliphatic carbocycles. The van der Waals surface area contributed by atoms with Crippen LogP contribution in [-0.2, 0) is 17.9 Å². The van der Waals surface area contributed by atoms with Gasteiger partial charge in [-0.15, -0.1) is 0 Å². The quantitative estimate of drug-likeness (QED) is 0.311. The topological polar surface area (TPSA) is 83.3 Å². The van der Waals surface area contributed by atoms with Gasteiger partial charge in [-0.3, -0.25) is 9.48 Å². The first-order valence-corrected chi connectivity index (χ1v) is 11.6. The maximum atomic E-state index is 12.2. The molecule has 2 aromatic rings. The molecule has 0 atom stereocenters. The molecule has 1 saturated carbocycles. The number of guanidine groups is 1. The number of aromatic nitrogens is 2. The first-order chi connectivity index (χ1) is 15.2. The molecule has 1 heterocycles. The van der Waals surface area contributed by atoms with Crippen molar-refractivity contribution in [2.75, 3.05) is 19.6 Å². The fraction of sp³-hybridized carbons (Fsp3) is 0.542. The average Bonchev–Trinajstić information content (AvgIpc) is 3.29. The maximum Gasteiger partial charge on any atom is 0.220 e. The van der Waals surface area contributed by atoms with Crippen LogP contribution in [0.3, 0.4) is 0 Å². The molecule has 1 fully saturated rings. The summed E-state index contributed by atoms with van der Waals surface area (Å²) in [6.07, 6.45) is 10.7. The fourth-order valence-electron chi connectivity index (χ4n) is 4.05. The van der Waals surface area contributed by atoms with Gasteiger partial charge in [-0.05, 0) is 42.9 Å². The standard InChI is InChI=1S/C24H36N6O/c1-2-25-24(27-15-14-26-23(31)17-20-9-4-3-5-10-20)28-18-21-11-6-7-12-22(21)19-30-16-8-13-29-30/h6-8,11-13,16,20H,2-5,9-10,14-15,17-19H2,1H3,(H,26,31)(H2,25,27,28). The van der Waals surface area contributed by atoms with Crippen LogP contribution in [0.5, 0.6) is 0 Å². The van der Waals surface area contributed by atoms with Crippen molar-refractivity contribution < 1.29 is 4.79 Å². The molecule has 0 aliphatic heterocycles. The SMILES string of the molecule is CCNC(=NCc1ccccc1Cn1cccn1)NCCNC(=O)CC1CCCCC1. The monoisotopic (exact) mass is 424 g/mol. The largest absolute Gasteiger partial charge is 0.357 e. The molecule has 0 saturated heterocycles. The van der Waals surface area contributed by atoms with Crippen LogP contribution in [0.25, 0.3) is 0 Å². The van der Waals surface area contributed by atoms with Gasteiger partial charge in [-0.25, -0.2) is 4.99 Å². The van der Waals surface area contributed by atoms with Gasteiger partial charge in [-0.2, -0.15) is 5.10 Å². The fourth-order valence-corrected chi connectivity index (χ4v) is 4.05. The second kappa shape index (κ2) is 12.8. The van der Waals surface area contributed by atoms with Gasteiger partial charge in [0.05, 0.1) is 13.1 Å². The van der Waals surface area contributed by atoms with E-state index < -0.39 is 0 Å². The summed E-state index contributed by atoms with van der Waals surface area (Å²) in [6.45, 7) is 5.41. The van der Waals surface area contributed by atoms with Crippen LogP contribution in [0, 0.1) is 5.92 Å². The van der Waals surface area contributed by atoms with Gasteiger partial charge in [0.1, 0.15) is 0 Å². The minimum absolute atomic E-state index is 0.170. The van der Waals surface area contributed by atoms with E-state index in [9.17, 15) is 4.79 Å². The lowest BCUT2D eigenvalue weighted by Crippen LogP contribution is -2.41. The Bertz CT molecular complexity index is 811. The van der Waals surface area contributed by atoms with Crippen molar-refractivity contribution in [1.29, 1.82) is 0 Å². The second-order valence-corrected chi connectivity index (χ2v) is 8.15. The van der Waals surface area contributed by atoms with E-state index in [1.165, 1.54) is 43.2 Å². The first-order valence-electron chi connectivity index (χ1n) is 11.6. The number of carbonyl (C=O) groups excluding carboxylic acids is 1. The van der Waals surface area contributed by atoms with Gasteiger partial charge in [0.25, 0.3) is 0 Å². The van der Waals surface area contributed by atoms with E-state index in [0.717, 1.165) is 19.0 Å². The van der Waals surface area contributed by atoms with Crippen LogP contribution in [-0.4, -0.2) is 41.3 Å². The molecule has 3 rings (SSSR count). The Morgan fingerprint density at radius 3 is 2.58 bits per heavy atom. The van der Waals surface area contributed by atoms with Crippen LogP contribution in [0.4, 0.5) is 0 Å². The van der Waals surface area contributed by atoms with Gasteiger partial charge >= 0.3 is 0 Å². The summed E-state index contributed by atoms with van der Waals surface area (Å²) in [4.78, 5) is 16.9. The highest BCUT2D eigenvalue weighted by atomic mass is 16.1. The molecule has 1 aliphatic rings. The highest BCUT2D eigenvalue weighted by Gasteiger charge is 2.16. The van der Waals surface area contributed by atoms with Crippen molar-refractivity contribution >= 4 is 11.9 Å². The van der Waals surface area contributed by atoms with Gasteiger partial charge < -0.3 is 16.0 Å². The van der Waals surface area contributed by atoms with Gasteiger partial charge in [-0.1, -0.05) is 43.5 Å². The third kappa shape index (κ3) is 8.07. The number of amides is 1. The number of carbonyl (C=O) groups is 1. The minimum Gasteiger partial charge on any atom is -0.357 e. The lowest BCUT2D eigenvalue weighted by Gasteiger charge is -2.20. The van der Waals surface area contributed by atoms with E-state index >= 15 is 0 Å². The molecule has 7 heteroatoms. The van der Waals surface area contributed by atoms with Crippen molar-refractivity contribution in [1.82, 2.24) is 25.7 Å². The van der Waals surface area contributed by atoms with Crippen LogP contribution >= 0.6 is 0 Å². The highest BCUT2D eigenvalue weighted by Crippen LogP contribution is 2.25. The molecule has 1 aromatic carbocycles. The van der Waals surface area contributed by atoms with Gasteiger partial charge in [0, 0.05) is 38.4 Å². The molecule has 1 amide bonds. The molecule has 168 valence electrons. The summed E-state index contributed by atoms with van der Waals surface area (Å²) in [5.74, 6) is 1.50. The molecule has 31 heavy (non-hydrogen) atoms. The van der Waals surface area contributed by atoms with Crippen LogP contribution in [0.15, 0.2) is 47.7 Å². The predicted octanol–water partition coefficient (Wildman–Crippen LogP) is 3.07. The summed E-state index contributed by atoms with van der Waals surface area (Å²) in [5, 5.41) is 13.9. The Hall–Kier alpha value is -2.83. The van der Waals surface area contributed by atoms with E-state index in [-0.39, 0.29) is 5.91 Å². The average molecular weight is 425 g/mol. The predicted molar refractivity (Wildman–Crippen MR) is 125 cm³/mol. The smallest absolute Gasteiger partial charge is 0.220 e. The van der Waals surface area contributed by atoms with E-state index in [4.69, 9.17) is 4.99 Å². The lowest BCUT2D eigenvalue weighted by atomic mass is 9.87. The van der Waals surface area contributed by atoms with Crippen molar-refractivity contribution in [3.05, 3.63) is 53.9 Å². The van der Waals surface area contributed by atoms with Crippen molar-refractivity contribution in [3.8, 4) is 0 Å². The van der Waals surface area contributed by atoms with Crippen LogP contribution in [0.2, 0.25) is 0 Å². The number of aliphatic imine (C=N–C) groups is 1. The van der Waals surface area contributed by atoms with E-state index in [1.54, 1.807) is 6.20 Å². The second-order valence-electron chi connectivity index (χ2n) is 8.15. The Morgan fingerprint density at radius 1 is 1.06 bits per heavy atom. The zero-order valence-corrected chi connectivity index (χ0v) is 18.6. The summed E-state index contributed by atoms with van der Waals surface area (Å²) in [5.41, 5.74) is 2.39. The van der Waals surface area contributed by atoms with Crippen molar-refractivity contribution in [2.45, 2.75) is 58.5 Å². The Balaban J connectivity index is 1.45. The van der Waals surface area contributed by atoms with E-state index in [1.807, 2.05) is 29.1 Å². The number of benzene rings is 1. The third-order valence-electron chi connectivity index (χ3n) is 5.70. The zero-order valence-electron chi connectivity index (χ0n) is 18.6. The third-order valence-corrected chi connectivity index (χ3v) is 5.70. The number of hydrogen-bond acceptors (Lipinski definition) is 3. The first kappa shape index (κ1) is 22.8. The Kier molecular flexibility index (Phi) is 9.41. The van der Waals surface area contributed by atoms with Gasteiger partial charge in [0.2, 0.25) is 5.91 Å². The number of nitrogens with zero attached hydrogens (tertiary/aromatic N) is 3. The zero-order chi connectivity index (χ0) is 21.7. The van der Waals surface area contributed by atoms with Crippen LogP contribution in [0.1, 0.15) is 56.6 Å². The van der Waals surface area contributed by atoms with E-state index in [2.05, 4.69) is 40.1 Å². The Morgan fingerprint density at radius 2 is 1.84 bits per heavy atom. The highest BCUT2D eigenvalue weighted by molar-refractivity contribution is 5.80. The summed E-state index contributed by atoms with van der Waals surface area (Å²) in [7, 11) is 0. The lowest BCUT2D eigenvalue weighted by molar-refractivity contribution is -0.122. The van der Waals surface area contributed by atoms with Gasteiger partial charge in [0.15, 0.2) is 5.96 Å². The Labute approximate surface area is 185 Å². The van der Waals surface area contributed by atoms with Crippen LogP contribution < -0.4 is 16.0 Å². The number of nitrogens with one attached hydrogen (secondary N) is 3. The molecule has 1 aromatic heterocycles. The molecular formula is C24H36N6O. The molecule has 0 spiro atoms. The van der Waals surface area contributed by atoms with E-state index in [0.29, 0.717) is 32.0 Å². The molecular weight excluding hydrogens is 388 g/mol. The normalized spacial score (nSPS) is 14.9. The summed E-state index contributed by atoms with van der Waals surface area (Å²) < 4.78 is 1.92. The molecule has 0 bridgehead atoms. The van der Waals surface area contributed by atoms with Crippen molar-refractivity contribution in [2.24, 2.45) is 10.9 Å². The maximum absolute atomic E-state index is 12.2. The summed E-state index contributed by atoms with van der Waals surface area (Å²) in [6, 6.07) is 10.2. The molecule has 7 nitrogen and oxygen atoms in total. The number of hydrogen-bond donors (Lipinski definition) is 3. The summed E-state index contributed by atoms with van der Waals surface area (Å²) >= 11 is 0.